The van der Waals surface area contributed by atoms with Gasteiger partial charge in [0.15, 0.2) is 0 Å². The van der Waals surface area contributed by atoms with Gasteiger partial charge in [0.1, 0.15) is 0 Å². The van der Waals surface area contributed by atoms with E-state index in [1.807, 2.05) is 142 Å². The molecule has 20 heteroatoms. The first-order valence-electron chi connectivity index (χ1n) is 20.9. The fourth-order valence-electron chi connectivity index (χ4n) is 6.86. The number of aryl methyl sites for hydroxylation is 4. The maximum atomic E-state index is 12.2. The molecule has 0 unspecified atom stereocenters. The van der Waals surface area contributed by atoms with Crippen LogP contribution < -0.4 is 17.6 Å². The Morgan fingerprint density at radius 1 is 0.377 bits per heavy atom. The Hall–Kier alpha value is -3.94. The summed E-state index contributed by atoms with van der Waals surface area (Å²) in [5.74, 6) is 3.54. The zero-order chi connectivity index (χ0) is 49.0. The minimum atomic E-state index is -2.06. The molecule has 0 atom stereocenters. The van der Waals surface area contributed by atoms with Crippen LogP contribution in [-0.2, 0) is 0 Å². The standard InChI is InChI=1S/C11H11NO.2C10H9NO.2C9H7NO.3ClH.2FH.5Ga/c1-7-6-8(2)12-11-9(7)4-3-5-10(11)13;2*1-7-5-6-8-3-2-4-9(12)10(8)11-7;2*11-8-5-1-3-7-4-2-6-10-9(7)8;;;;;;;;;;/h3-6,13H,1-2H3;2*2-6,12H,1H3;2*1-6,11H;5*1H;;;;;/q;;;;;;;;;;5*+2/p-10. The van der Waals surface area contributed by atoms with Crippen molar-refractivity contribution in [1.29, 1.82) is 0 Å². The minimum absolute atomic E-state index is 0.556. The van der Waals surface area contributed by atoms with Gasteiger partial charge in [0.25, 0.3) is 0 Å². The molecule has 0 aliphatic rings. The number of benzene rings is 5. The summed E-state index contributed by atoms with van der Waals surface area (Å²) in [5, 5.41) is 5.28. The molecule has 5 aromatic heterocycles. The molecule has 5 aromatic carbocycles. The van der Waals surface area contributed by atoms with E-state index in [9.17, 15) is 6.57 Å². The third-order valence-corrected chi connectivity index (χ3v) is 14.8. The van der Waals surface area contributed by atoms with E-state index in [-0.39, 0.29) is 0 Å². The maximum absolute atomic E-state index is 12.2. The predicted octanol–water partition coefficient (Wildman–Crippen LogP) is 12.6. The Balaban J connectivity index is 0.000000142. The van der Waals surface area contributed by atoms with E-state index in [1.165, 1.54) is 5.56 Å². The van der Waals surface area contributed by atoms with Crippen LogP contribution in [0.25, 0.3) is 54.5 Å². The molecule has 10 rings (SSSR count). The third kappa shape index (κ3) is 15.8. The van der Waals surface area contributed by atoms with Crippen LogP contribution in [0.5, 0.6) is 28.7 Å². The molecule has 0 N–H and O–H groups in total. The number of nitrogens with zero attached hydrogens (tertiary/aromatic N) is 5. The van der Waals surface area contributed by atoms with Gasteiger partial charge >= 0.3 is 457 Å². The van der Waals surface area contributed by atoms with Crippen LogP contribution in [0.2, 0.25) is 0 Å². The fraction of sp³-hybridized carbons (Fsp3) is 0.0816. The molecule has 5 radical (unpaired) electrons. The molecule has 5 heterocycles. The number of pyridine rings is 5. The quantitative estimate of drug-likeness (QED) is 0.123. The topological polar surface area (TPSA) is 111 Å². The van der Waals surface area contributed by atoms with E-state index in [0.29, 0.717) is 11.5 Å². The van der Waals surface area contributed by atoms with Crippen LogP contribution in [0.3, 0.4) is 0 Å². The number of hydrogen-bond acceptors (Lipinski definition) is 10. The molecule has 0 fully saturated rings. The molecular formula is C49H38Cl3F2Ga5N5O5. The Morgan fingerprint density at radius 2 is 0.725 bits per heavy atom. The van der Waals surface area contributed by atoms with Gasteiger partial charge in [-0.3, -0.25) is 0 Å². The van der Waals surface area contributed by atoms with E-state index in [0.717, 1.165) is 88.8 Å². The van der Waals surface area contributed by atoms with Crippen molar-refractivity contribution in [3.05, 3.63) is 181 Å². The fourth-order valence-corrected chi connectivity index (χ4v) is 11.4. The van der Waals surface area contributed by atoms with Gasteiger partial charge in [-0.05, 0) is 0 Å². The van der Waals surface area contributed by atoms with Crippen molar-refractivity contribution in [2.75, 3.05) is 0 Å². The monoisotopic (exact) mass is 1260 g/mol. The third-order valence-electron chi connectivity index (χ3n) is 9.83. The average molecular weight is 1270 g/mol. The molecular weight excluding hydrogens is 1230 g/mol. The molecule has 0 amide bonds. The van der Waals surface area contributed by atoms with Crippen LogP contribution in [0, 0.1) is 27.7 Å². The second-order valence-corrected chi connectivity index (χ2v) is 21.6. The molecule has 0 aliphatic carbocycles. The van der Waals surface area contributed by atoms with Gasteiger partial charge in [-0.1, -0.05) is 0 Å². The summed E-state index contributed by atoms with van der Waals surface area (Å²) in [6.45, 7) is 7.95. The summed E-state index contributed by atoms with van der Waals surface area (Å²) in [5.41, 5.74) is 8.35. The van der Waals surface area contributed by atoms with E-state index in [2.05, 4.69) is 44.0 Å². The van der Waals surface area contributed by atoms with Gasteiger partial charge in [-0.2, -0.15) is 0 Å². The van der Waals surface area contributed by atoms with Crippen LogP contribution >= 0.6 is 28.9 Å². The Morgan fingerprint density at radius 3 is 1.16 bits per heavy atom. The zero-order valence-electron chi connectivity index (χ0n) is 37.6. The van der Waals surface area contributed by atoms with Crippen molar-refractivity contribution in [2.24, 2.45) is 0 Å². The summed E-state index contributed by atoms with van der Waals surface area (Å²) < 4.78 is 50.6. The number of aromatic nitrogens is 5. The molecule has 0 spiro atoms. The first kappa shape index (κ1) is 54.4. The SMILES string of the molecule is Cc1cc(C)c2cccc([O][Ga][Cl])c2n1.Cc1ccc2cccc([O][Ga][Cl])c2n1.Cc1ccc2cccc([O][Ga][F])c2n1.[Cl][Ga][O]c1cccc2cccnc12.[F][Ga][O]c1cccc2cccnc12. The first-order valence-corrected chi connectivity index (χ1v) is 37.2. The van der Waals surface area contributed by atoms with Crippen LogP contribution in [0.1, 0.15) is 22.6 Å². The summed E-state index contributed by atoms with van der Waals surface area (Å²) in [6.07, 6.45) is 3.43. The van der Waals surface area contributed by atoms with Crippen molar-refractivity contribution in [2.45, 2.75) is 27.7 Å². The summed E-state index contributed by atoms with van der Waals surface area (Å²) in [6, 6.07) is 46.5. The van der Waals surface area contributed by atoms with Gasteiger partial charge in [-0.15, -0.1) is 0 Å². The number of fused-ring (bicyclic) bond motifs is 5. The van der Waals surface area contributed by atoms with E-state index in [4.69, 9.17) is 46.6 Å². The number of halogens is 5. The first-order chi connectivity index (χ1) is 33.7. The van der Waals surface area contributed by atoms with Crippen LogP contribution in [0.15, 0.2) is 158 Å². The number of hydrogen-bond donors (Lipinski definition) is 0. The van der Waals surface area contributed by atoms with Gasteiger partial charge in [0.2, 0.25) is 0 Å². The predicted molar refractivity (Wildman–Crippen MR) is 279 cm³/mol. The summed E-state index contributed by atoms with van der Waals surface area (Å²) >= 11 is -7.38. The summed E-state index contributed by atoms with van der Waals surface area (Å²) in [4.78, 5) is 21.6. The second kappa shape index (κ2) is 28.8. The molecule has 0 saturated heterocycles. The average Bonchev–Trinajstić information content (AvgIpc) is 3.36. The van der Waals surface area contributed by atoms with Crippen molar-refractivity contribution in [3.8, 4) is 28.7 Å². The van der Waals surface area contributed by atoms with Gasteiger partial charge < -0.3 is 0 Å². The van der Waals surface area contributed by atoms with Gasteiger partial charge in [0, 0.05) is 0 Å². The molecule has 0 aliphatic heterocycles. The zero-order valence-corrected chi connectivity index (χ0v) is 51.9. The van der Waals surface area contributed by atoms with Crippen LogP contribution in [0.4, 0.5) is 6.57 Å². The van der Waals surface area contributed by atoms with E-state index < -0.39 is 86.9 Å². The van der Waals surface area contributed by atoms with Crippen molar-refractivity contribution in [3.63, 3.8) is 0 Å². The molecule has 0 bridgehead atoms. The second-order valence-electron chi connectivity index (χ2n) is 14.5. The molecule has 339 valence electrons. The van der Waals surface area contributed by atoms with E-state index >= 15 is 0 Å². The molecule has 69 heavy (non-hydrogen) atoms. The van der Waals surface area contributed by atoms with E-state index in [1.54, 1.807) is 24.5 Å². The Bertz CT molecular complexity index is 3090. The Labute approximate surface area is 451 Å². The Kier molecular flexibility index (Phi) is 22.7. The normalized spacial score (nSPS) is 10.1. The van der Waals surface area contributed by atoms with Gasteiger partial charge in [-0.25, -0.2) is 0 Å². The van der Waals surface area contributed by atoms with Crippen molar-refractivity contribution >= 4 is 170 Å². The molecule has 10 nitrogen and oxygen atoms in total. The van der Waals surface area contributed by atoms with Crippen molar-refractivity contribution in [1.82, 2.24) is 24.9 Å². The van der Waals surface area contributed by atoms with Crippen LogP contribution in [-0.4, -0.2) is 112 Å². The van der Waals surface area contributed by atoms with Gasteiger partial charge in [0.05, 0.1) is 0 Å². The molecule has 10 aromatic rings. The van der Waals surface area contributed by atoms with Crippen molar-refractivity contribution < 1.29 is 24.2 Å². The number of para-hydroxylation sites is 5. The molecule has 0 saturated carbocycles. The summed E-state index contributed by atoms with van der Waals surface area (Å²) in [7, 11) is 17.0. The number of rotatable bonds is 10.